The van der Waals surface area contributed by atoms with Gasteiger partial charge in [-0.25, -0.2) is 4.79 Å². The number of amides is 1. The van der Waals surface area contributed by atoms with Crippen LogP contribution in [0.15, 0.2) is 66.2 Å². The fourth-order valence-electron chi connectivity index (χ4n) is 2.26. The Morgan fingerprint density at radius 1 is 1.00 bits per heavy atom. The van der Waals surface area contributed by atoms with E-state index in [-0.39, 0.29) is 6.09 Å². The Kier molecular flexibility index (Phi) is 4.01. The number of hydrogen-bond acceptors (Lipinski definition) is 2. The summed E-state index contributed by atoms with van der Waals surface area (Å²) < 4.78 is 5.29. The van der Waals surface area contributed by atoms with Crippen LogP contribution < -0.4 is 0 Å². The summed E-state index contributed by atoms with van der Waals surface area (Å²) in [5, 5.41) is 0. The van der Waals surface area contributed by atoms with E-state index in [4.69, 9.17) is 4.74 Å². The summed E-state index contributed by atoms with van der Waals surface area (Å²) in [6.07, 6.45) is 1.88. The third kappa shape index (κ3) is 3.51. The standard InChI is InChI=1S/C18H17NO2/c20-18(21-14-16-9-5-2-6-10-16)19-12-17(13-19)11-15-7-3-1-4-8-15/h1-11H,12-14H2. The van der Waals surface area contributed by atoms with Crippen molar-refractivity contribution >= 4 is 12.2 Å². The summed E-state index contributed by atoms with van der Waals surface area (Å²) in [5.74, 6) is 0. The van der Waals surface area contributed by atoms with Crippen molar-refractivity contribution in [3.63, 3.8) is 0 Å². The molecule has 0 spiro atoms. The van der Waals surface area contributed by atoms with Gasteiger partial charge < -0.3 is 9.64 Å². The predicted octanol–water partition coefficient (Wildman–Crippen LogP) is 3.72. The zero-order valence-electron chi connectivity index (χ0n) is 11.7. The van der Waals surface area contributed by atoms with Crippen molar-refractivity contribution in [1.82, 2.24) is 4.90 Å². The minimum absolute atomic E-state index is 0.246. The first-order chi connectivity index (χ1) is 10.3. The molecular weight excluding hydrogens is 262 g/mol. The summed E-state index contributed by atoms with van der Waals surface area (Å²) in [5.41, 5.74) is 3.43. The fraction of sp³-hybridized carbons (Fsp3) is 0.167. The lowest BCUT2D eigenvalue weighted by Gasteiger charge is -2.33. The number of carbonyl (C=O) groups excluding carboxylic acids is 1. The van der Waals surface area contributed by atoms with Crippen molar-refractivity contribution in [2.75, 3.05) is 13.1 Å². The van der Waals surface area contributed by atoms with Gasteiger partial charge in [0.05, 0.1) is 0 Å². The molecule has 0 atom stereocenters. The highest BCUT2D eigenvalue weighted by atomic mass is 16.6. The van der Waals surface area contributed by atoms with Gasteiger partial charge in [-0.1, -0.05) is 66.7 Å². The van der Waals surface area contributed by atoms with Crippen LogP contribution in [0.1, 0.15) is 11.1 Å². The molecule has 0 N–H and O–H groups in total. The first kappa shape index (κ1) is 13.4. The quantitative estimate of drug-likeness (QED) is 0.857. The van der Waals surface area contributed by atoms with Gasteiger partial charge in [0.1, 0.15) is 6.61 Å². The molecule has 0 bridgehead atoms. The Hall–Kier alpha value is -2.55. The lowest BCUT2D eigenvalue weighted by atomic mass is 10.0. The van der Waals surface area contributed by atoms with E-state index >= 15 is 0 Å². The van der Waals surface area contributed by atoms with Gasteiger partial charge in [-0.2, -0.15) is 0 Å². The van der Waals surface area contributed by atoms with Crippen LogP contribution in [0.25, 0.3) is 6.08 Å². The second-order valence-electron chi connectivity index (χ2n) is 5.11. The Morgan fingerprint density at radius 3 is 2.29 bits per heavy atom. The maximum absolute atomic E-state index is 11.9. The molecule has 2 aromatic rings. The third-order valence-electron chi connectivity index (χ3n) is 3.42. The van der Waals surface area contributed by atoms with Crippen LogP contribution in [0.3, 0.4) is 0 Å². The smallest absolute Gasteiger partial charge is 0.410 e. The van der Waals surface area contributed by atoms with Crippen LogP contribution in [0.4, 0.5) is 4.79 Å². The minimum atomic E-state index is -0.246. The molecule has 1 saturated heterocycles. The number of rotatable bonds is 3. The fourth-order valence-corrected chi connectivity index (χ4v) is 2.26. The van der Waals surface area contributed by atoms with Gasteiger partial charge in [-0.3, -0.25) is 0 Å². The molecule has 0 aliphatic carbocycles. The Morgan fingerprint density at radius 2 is 1.62 bits per heavy atom. The molecule has 3 heteroatoms. The van der Waals surface area contributed by atoms with Crippen LogP contribution >= 0.6 is 0 Å². The van der Waals surface area contributed by atoms with Gasteiger partial charge in [-0.05, 0) is 16.7 Å². The molecule has 0 unspecified atom stereocenters. The van der Waals surface area contributed by atoms with E-state index in [0.717, 1.165) is 5.56 Å². The van der Waals surface area contributed by atoms with E-state index in [1.165, 1.54) is 11.1 Å². The second kappa shape index (κ2) is 6.27. The molecule has 1 aliphatic rings. The molecule has 106 valence electrons. The van der Waals surface area contributed by atoms with Gasteiger partial charge >= 0.3 is 6.09 Å². The van der Waals surface area contributed by atoms with E-state index in [1.807, 2.05) is 48.5 Å². The molecule has 0 radical (unpaired) electrons. The van der Waals surface area contributed by atoms with Crippen LogP contribution in [0.5, 0.6) is 0 Å². The van der Waals surface area contributed by atoms with Gasteiger partial charge in [-0.15, -0.1) is 0 Å². The van der Waals surface area contributed by atoms with Crippen molar-refractivity contribution in [2.45, 2.75) is 6.61 Å². The van der Waals surface area contributed by atoms with E-state index < -0.39 is 0 Å². The highest BCUT2D eigenvalue weighted by molar-refractivity contribution is 5.72. The summed E-state index contributed by atoms with van der Waals surface area (Å²) >= 11 is 0. The van der Waals surface area contributed by atoms with Crippen molar-refractivity contribution in [3.8, 4) is 0 Å². The highest BCUT2D eigenvalue weighted by Gasteiger charge is 2.26. The monoisotopic (exact) mass is 279 g/mol. The number of likely N-dealkylation sites (tertiary alicyclic amines) is 1. The first-order valence-corrected chi connectivity index (χ1v) is 7.01. The molecule has 3 rings (SSSR count). The van der Waals surface area contributed by atoms with E-state index in [1.54, 1.807) is 4.90 Å². The minimum Gasteiger partial charge on any atom is -0.445 e. The lowest BCUT2D eigenvalue weighted by molar-refractivity contribution is 0.0907. The SMILES string of the molecule is O=C(OCc1ccccc1)N1CC(=Cc2ccccc2)C1. The van der Waals surface area contributed by atoms with Crippen LogP contribution in [0.2, 0.25) is 0 Å². The normalized spacial score (nSPS) is 13.5. The average Bonchev–Trinajstić information content (AvgIpc) is 2.50. The average molecular weight is 279 g/mol. The summed E-state index contributed by atoms with van der Waals surface area (Å²) in [6.45, 7) is 1.64. The molecule has 21 heavy (non-hydrogen) atoms. The first-order valence-electron chi connectivity index (χ1n) is 7.01. The molecule has 1 aliphatic heterocycles. The van der Waals surface area contributed by atoms with Crippen LogP contribution in [0, 0.1) is 0 Å². The van der Waals surface area contributed by atoms with Gasteiger partial charge in [0, 0.05) is 13.1 Å². The maximum atomic E-state index is 11.9. The Labute approximate surface area is 124 Å². The molecule has 0 aromatic heterocycles. The number of ether oxygens (including phenoxy) is 1. The molecule has 0 saturated carbocycles. The van der Waals surface area contributed by atoms with Gasteiger partial charge in [0.2, 0.25) is 0 Å². The van der Waals surface area contributed by atoms with Crippen molar-refractivity contribution in [2.24, 2.45) is 0 Å². The molecule has 1 fully saturated rings. The van der Waals surface area contributed by atoms with Crippen LogP contribution in [-0.2, 0) is 11.3 Å². The topological polar surface area (TPSA) is 29.5 Å². The van der Waals surface area contributed by atoms with Crippen LogP contribution in [-0.4, -0.2) is 24.1 Å². The summed E-state index contributed by atoms with van der Waals surface area (Å²) in [7, 11) is 0. The second-order valence-corrected chi connectivity index (χ2v) is 5.11. The number of nitrogens with zero attached hydrogens (tertiary/aromatic N) is 1. The predicted molar refractivity (Wildman–Crippen MR) is 82.6 cm³/mol. The highest BCUT2D eigenvalue weighted by Crippen LogP contribution is 2.19. The lowest BCUT2D eigenvalue weighted by Crippen LogP contribution is -2.44. The molecule has 2 aromatic carbocycles. The number of carbonyl (C=O) groups is 1. The third-order valence-corrected chi connectivity index (χ3v) is 3.42. The Bertz CT molecular complexity index is 627. The van der Waals surface area contributed by atoms with Crippen molar-refractivity contribution < 1.29 is 9.53 Å². The van der Waals surface area contributed by atoms with Gasteiger partial charge in [0.25, 0.3) is 0 Å². The van der Waals surface area contributed by atoms with E-state index in [0.29, 0.717) is 19.7 Å². The number of hydrogen-bond donors (Lipinski definition) is 0. The largest absolute Gasteiger partial charge is 0.445 e. The van der Waals surface area contributed by atoms with Crippen molar-refractivity contribution in [1.29, 1.82) is 0 Å². The van der Waals surface area contributed by atoms with E-state index in [2.05, 4.69) is 18.2 Å². The summed E-state index contributed by atoms with van der Waals surface area (Å²) in [4.78, 5) is 13.6. The number of benzene rings is 2. The zero-order chi connectivity index (χ0) is 14.5. The molecule has 1 amide bonds. The maximum Gasteiger partial charge on any atom is 0.410 e. The van der Waals surface area contributed by atoms with Gasteiger partial charge in [0.15, 0.2) is 0 Å². The van der Waals surface area contributed by atoms with E-state index in [9.17, 15) is 4.79 Å². The summed E-state index contributed by atoms with van der Waals surface area (Å²) in [6, 6.07) is 19.9. The molecular formula is C18H17NO2. The Balaban J connectivity index is 1.48. The molecule has 3 nitrogen and oxygen atoms in total. The zero-order valence-corrected chi connectivity index (χ0v) is 11.7. The molecule has 1 heterocycles. The van der Waals surface area contributed by atoms with Crippen molar-refractivity contribution in [3.05, 3.63) is 77.4 Å².